The number of aryl methyl sites for hydroxylation is 1. The van der Waals surface area contributed by atoms with Crippen LogP contribution >= 0.6 is 12.2 Å². The number of rotatable bonds is 4. The lowest BCUT2D eigenvalue weighted by Gasteiger charge is -2.11. The van der Waals surface area contributed by atoms with E-state index in [0.29, 0.717) is 5.11 Å². The molecule has 0 bridgehead atoms. The van der Waals surface area contributed by atoms with Crippen LogP contribution in [-0.2, 0) is 6.42 Å². The fourth-order valence-electron chi connectivity index (χ4n) is 1.91. The third-order valence-corrected chi connectivity index (χ3v) is 3.29. The van der Waals surface area contributed by atoms with Crippen molar-refractivity contribution in [3.8, 4) is 0 Å². The van der Waals surface area contributed by atoms with E-state index in [1.54, 1.807) is 12.1 Å². The highest BCUT2D eigenvalue weighted by molar-refractivity contribution is 7.80. The predicted molar refractivity (Wildman–Crippen MR) is 85.5 cm³/mol. The Kier molecular flexibility index (Phi) is 5.07. The molecule has 0 atom stereocenters. The normalized spacial score (nSPS) is 10.1. The SMILES string of the molecule is Cc1ccccc1CCNC(=S)Nc1ccc(F)cc1. The molecule has 4 heteroatoms. The maximum Gasteiger partial charge on any atom is 0.170 e. The van der Waals surface area contributed by atoms with Gasteiger partial charge in [0.1, 0.15) is 5.82 Å². The van der Waals surface area contributed by atoms with E-state index in [0.717, 1.165) is 18.7 Å². The van der Waals surface area contributed by atoms with Gasteiger partial charge in [-0.15, -0.1) is 0 Å². The van der Waals surface area contributed by atoms with Crippen LogP contribution in [0.1, 0.15) is 11.1 Å². The molecule has 0 heterocycles. The van der Waals surface area contributed by atoms with Crippen LogP contribution in [0.15, 0.2) is 48.5 Å². The van der Waals surface area contributed by atoms with Crippen molar-refractivity contribution < 1.29 is 4.39 Å². The molecule has 0 saturated carbocycles. The first-order valence-corrected chi connectivity index (χ1v) is 6.91. The summed E-state index contributed by atoms with van der Waals surface area (Å²) in [6.07, 6.45) is 0.915. The standard InChI is InChI=1S/C16H17FN2S/c1-12-4-2-3-5-13(12)10-11-18-16(20)19-15-8-6-14(17)7-9-15/h2-9H,10-11H2,1H3,(H2,18,19,20). The Bertz CT molecular complexity index is 581. The molecule has 0 radical (unpaired) electrons. The summed E-state index contributed by atoms with van der Waals surface area (Å²) in [4.78, 5) is 0. The van der Waals surface area contributed by atoms with Crippen molar-refractivity contribution in [3.63, 3.8) is 0 Å². The summed E-state index contributed by atoms with van der Waals surface area (Å²) >= 11 is 5.20. The van der Waals surface area contributed by atoms with Gasteiger partial charge in [0.2, 0.25) is 0 Å². The highest BCUT2D eigenvalue weighted by Gasteiger charge is 2.00. The van der Waals surface area contributed by atoms with Gasteiger partial charge in [0.05, 0.1) is 0 Å². The Labute approximate surface area is 124 Å². The zero-order valence-corrected chi connectivity index (χ0v) is 12.1. The molecule has 0 saturated heterocycles. The highest BCUT2D eigenvalue weighted by atomic mass is 32.1. The molecule has 2 rings (SSSR count). The summed E-state index contributed by atoms with van der Waals surface area (Å²) in [6, 6.07) is 14.4. The smallest absolute Gasteiger partial charge is 0.170 e. The summed E-state index contributed by atoms with van der Waals surface area (Å²) in [7, 11) is 0. The van der Waals surface area contributed by atoms with Gasteiger partial charge in [-0.2, -0.15) is 0 Å². The highest BCUT2D eigenvalue weighted by Crippen LogP contribution is 2.08. The van der Waals surface area contributed by atoms with Crippen LogP contribution in [0, 0.1) is 12.7 Å². The molecule has 0 unspecified atom stereocenters. The van der Waals surface area contributed by atoms with Gasteiger partial charge in [0.25, 0.3) is 0 Å². The average Bonchev–Trinajstić information content (AvgIpc) is 2.43. The van der Waals surface area contributed by atoms with E-state index in [1.165, 1.54) is 23.3 Å². The molecule has 104 valence electrons. The molecular formula is C16H17FN2S. The van der Waals surface area contributed by atoms with Gasteiger partial charge >= 0.3 is 0 Å². The maximum atomic E-state index is 12.8. The first kappa shape index (κ1) is 14.5. The third-order valence-electron chi connectivity index (χ3n) is 3.04. The molecule has 0 aromatic heterocycles. The fraction of sp³-hybridized carbons (Fsp3) is 0.188. The Morgan fingerprint density at radius 3 is 2.50 bits per heavy atom. The van der Waals surface area contributed by atoms with Gasteiger partial charge in [-0.3, -0.25) is 0 Å². The lowest BCUT2D eigenvalue weighted by molar-refractivity contribution is 0.628. The second-order valence-electron chi connectivity index (χ2n) is 4.56. The number of hydrogen-bond acceptors (Lipinski definition) is 1. The van der Waals surface area contributed by atoms with E-state index in [-0.39, 0.29) is 5.82 Å². The van der Waals surface area contributed by atoms with E-state index >= 15 is 0 Å². The molecule has 0 spiro atoms. The van der Waals surface area contributed by atoms with Crippen molar-refractivity contribution in [1.82, 2.24) is 5.32 Å². The van der Waals surface area contributed by atoms with Crippen LogP contribution in [-0.4, -0.2) is 11.7 Å². The molecular weight excluding hydrogens is 271 g/mol. The number of hydrogen-bond donors (Lipinski definition) is 2. The molecule has 0 aliphatic rings. The van der Waals surface area contributed by atoms with Crippen molar-refractivity contribution in [2.45, 2.75) is 13.3 Å². The van der Waals surface area contributed by atoms with Gasteiger partial charge in [-0.05, 0) is 61.0 Å². The second kappa shape index (κ2) is 7.01. The van der Waals surface area contributed by atoms with E-state index < -0.39 is 0 Å². The molecule has 2 aromatic carbocycles. The Balaban J connectivity index is 1.78. The molecule has 2 N–H and O–H groups in total. The predicted octanol–water partition coefficient (Wildman–Crippen LogP) is 3.66. The van der Waals surface area contributed by atoms with Gasteiger partial charge < -0.3 is 10.6 Å². The minimum absolute atomic E-state index is 0.256. The minimum atomic E-state index is -0.256. The van der Waals surface area contributed by atoms with Crippen LogP contribution in [0.5, 0.6) is 0 Å². The lowest BCUT2D eigenvalue weighted by atomic mass is 10.1. The number of nitrogens with one attached hydrogen (secondary N) is 2. The Morgan fingerprint density at radius 1 is 1.10 bits per heavy atom. The molecule has 0 amide bonds. The number of anilines is 1. The van der Waals surface area contributed by atoms with Crippen molar-refractivity contribution in [3.05, 3.63) is 65.5 Å². The summed E-state index contributed by atoms with van der Waals surface area (Å²) < 4.78 is 12.8. The van der Waals surface area contributed by atoms with Crippen molar-refractivity contribution >= 4 is 23.0 Å². The maximum absolute atomic E-state index is 12.8. The fourth-order valence-corrected chi connectivity index (χ4v) is 2.13. The van der Waals surface area contributed by atoms with Crippen molar-refractivity contribution in [2.75, 3.05) is 11.9 Å². The van der Waals surface area contributed by atoms with E-state index in [4.69, 9.17) is 12.2 Å². The van der Waals surface area contributed by atoms with Gasteiger partial charge in [-0.25, -0.2) is 4.39 Å². The van der Waals surface area contributed by atoms with E-state index in [9.17, 15) is 4.39 Å². The van der Waals surface area contributed by atoms with Crippen molar-refractivity contribution in [2.24, 2.45) is 0 Å². The molecule has 20 heavy (non-hydrogen) atoms. The van der Waals surface area contributed by atoms with Gasteiger partial charge in [-0.1, -0.05) is 24.3 Å². The van der Waals surface area contributed by atoms with Crippen LogP contribution < -0.4 is 10.6 Å². The topological polar surface area (TPSA) is 24.1 Å². The second-order valence-corrected chi connectivity index (χ2v) is 4.97. The quantitative estimate of drug-likeness (QED) is 0.840. The number of benzene rings is 2. The monoisotopic (exact) mass is 288 g/mol. The van der Waals surface area contributed by atoms with Crippen LogP contribution in [0.3, 0.4) is 0 Å². The number of halogens is 1. The van der Waals surface area contributed by atoms with Gasteiger partial charge in [0, 0.05) is 12.2 Å². The van der Waals surface area contributed by atoms with Gasteiger partial charge in [0.15, 0.2) is 5.11 Å². The van der Waals surface area contributed by atoms with Crippen LogP contribution in [0.2, 0.25) is 0 Å². The average molecular weight is 288 g/mol. The van der Waals surface area contributed by atoms with E-state index in [1.807, 2.05) is 12.1 Å². The Hall–Kier alpha value is -1.94. The molecule has 0 aliphatic heterocycles. The lowest BCUT2D eigenvalue weighted by Crippen LogP contribution is -2.30. The van der Waals surface area contributed by atoms with E-state index in [2.05, 4.69) is 29.7 Å². The molecule has 2 aromatic rings. The zero-order chi connectivity index (χ0) is 14.4. The summed E-state index contributed by atoms with van der Waals surface area (Å²) in [5, 5.41) is 6.72. The Morgan fingerprint density at radius 2 is 1.80 bits per heavy atom. The summed E-state index contributed by atoms with van der Waals surface area (Å²) in [6.45, 7) is 2.86. The van der Waals surface area contributed by atoms with Crippen molar-refractivity contribution in [1.29, 1.82) is 0 Å². The first-order chi connectivity index (χ1) is 9.65. The van der Waals surface area contributed by atoms with Crippen LogP contribution in [0.4, 0.5) is 10.1 Å². The summed E-state index contributed by atoms with van der Waals surface area (Å²) in [5.41, 5.74) is 3.37. The largest absolute Gasteiger partial charge is 0.362 e. The molecule has 0 fully saturated rings. The first-order valence-electron chi connectivity index (χ1n) is 6.50. The van der Waals surface area contributed by atoms with Crippen LogP contribution in [0.25, 0.3) is 0 Å². The molecule has 0 aliphatic carbocycles. The molecule has 2 nitrogen and oxygen atoms in total. The zero-order valence-electron chi connectivity index (χ0n) is 11.3. The summed E-state index contributed by atoms with van der Waals surface area (Å²) in [5.74, 6) is -0.256. The third kappa shape index (κ3) is 4.31. The minimum Gasteiger partial charge on any atom is -0.362 e. The number of thiocarbonyl (C=S) groups is 1.